The highest BCUT2D eigenvalue weighted by Gasteiger charge is 2.15. The van der Waals surface area contributed by atoms with Crippen LogP contribution in [-0.4, -0.2) is 40.8 Å². The average molecular weight is 334 g/mol. The predicted octanol–water partition coefficient (Wildman–Crippen LogP) is 1.31. The Kier molecular flexibility index (Phi) is 7.58. The minimum atomic E-state index is 0.122. The summed E-state index contributed by atoms with van der Waals surface area (Å²) in [6.07, 6.45) is 8.23. The van der Waals surface area contributed by atoms with Crippen LogP contribution in [-0.2, 0) is 18.4 Å². The van der Waals surface area contributed by atoms with Crippen LogP contribution >= 0.6 is 0 Å². The fraction of sp³-hybridized carbons (Fsp3) is 0.706. The van der Waals surface area contributed by atoms with Crippen molar-refractivity contribution in [3.63, 3.8) is 0 Å². The van der Waals surface area contributed by atoms with Crippen LogP contribution in [0.2, 0.25) is 0 Å². The number of aliphatic imine (C=N–C) groups is 1. The maximum atomic E-state index is 12.0. The summed E-state index contributed by atoms with van der Waals surface area (Å²) in [5.74, 6) is 0.848. The van der Waals surface area contributed by atoms with E-state index in [9.17, 15) is 4.79 Å². The van der Waals surface area contributed by atoms with E-state index >= 15 is 0 Å². The minimum Gasteiger partial charge on any atom is -0.357 e. The highest BCUT2D eigenvalue weighted by molar-refractivity contribution is 5.81. The van der Waals surface area contributed by atoms with Crippen LogP contribution < -0.4 is 16.0 Å². The number of nitrogens with one attached hydrogen (secondary N) is 3. The number of carbonyl (C=O) groups is 1. The molecular formula is C17H30N6O. The molecule has 1 aromatic rings. The van der Waals surface area contributed by atoms with E-state index in [1.54, 1.807) is 6.20 Å². The van der Waals surface area contributed by atoms with Crippen molar-refractivity contribution in [3.8, 4) is 0 Å². The van der Waals surface area contributed by atoms with Crippen molar-refractivity contribution in [2.45, 2.75) is 58.0 Å². The number of hydrogen-bond acceptors (Lipinski definition) is 3. The topological polar surface area (TPSA) is 83.3 Å². The normalized spacial score (nSPS) is 16.0. The summed E-state index contributed by atoms with van der Waals surface area (Å²) in [5, 5.41) is 13.7. The molecule has 7 nitrogen and oxygen atoms in total. The number of hydrogen-bond donors (Lipinski definition) is 3. The first kappa shape index (κ1) is 18.3. The summed E-state index contributed by atoms with van der Waals surface area (Å²) in [4.78, 5) is 16.5. The Bertz CT molecular complexity index is 533. The molecule has 7 heteroatoms. The minimum absolute atomic E-state index is 0.122. The molecule has 1 aromatic heterocycles. The number of guanidine groups is 1. The Morgan fingerprint density at radius 2 is 2.12 bits per heavy atom. The fourth-order valence-electron chi connectivity index (χ4n) is 2.90. The second-order valence-electron chi connectivity index (χ2n) is 6.22. The summed E-state index contributed by atoms with van der Waals surface area (Å²) < 4.78 is 1.81. The van der Waals surface area contributed by atoms with Crippen LogP contribution in [0.3, 0.4) is 0 Å². The SMILES string of the molecule is CCNC(=NCc1ccnn1C)NCCC(=O)NC1CCCCC1. The average Bonchev–Trinajstić information content (AvgIpc) is 2.98. The molecule has 2 rings (SSSR count). The summed E-state index contributed by atoms with van der Waals surface area (Å²) in [6.45, 7) is 3.94. The van der Waals surface area contributed by atoms with Gasteiger partial charge in [-0.15, -0.1) is 0 Å². The van der Waals surface area contributed by atoms with Crippen molar-refractivity contribution in [3.05, 3.63) is 18.0 Å². The Hall–Kier alpha value is -2.05. The van der Waals surface area contributed by atoms with Crippen LogP contribution in [0.25, 0.3) is 0 Å². The van der Waals surface area contributed by atoms with Gasteiger partial charge in [0.2, 0.25) is 5.91 Å². The second-order valence-corrected chi connectivity index (χ2v) is 6.22. The zero-order valence-corrected chi connectivity index (χ0v) is 14.8. The van der Waals surface area contributed by atoms with E-state index in [-0.39, 0.29) is 5.91 Å². The van der Waals surface area contributed by atoms with Crippen molar-refractivity contribution >= 4 is 11.9 Å². The van der Waals surface area contributed by atoms with Gasteiger partial charge in [0.05, 0.1) is 12.2 Å². The lowest BCUT2D eigenvalue weighted by atomic mass is 9.95. The van der Waals surface area contributed by atoms with E-state index in [4.69, 9.17) is 0 Å². The predicted molar refractivity (Wildman–Crippen MR) is 95.7 cm³/mol. The van der Waals surface area contributed by atoms with E-state index in [0.717, 1.165) is 31.0 Å². The zero-order valence-electron chi connectivity index (χ0n) is 14.8. The number of amides is 1. The molecule has 1 heterocycles. The van der Waals surface area contributed by atoms with Crippen LogP contribution in [0.1, 0.15) is 51.1 Å². The number of aromatic nitrogens is 2. The molecule has 0 unspecified atom stereocenters. The zero-order chi connectivity index (χ0) is 17.2. The first-order valence-corrected chi connectivity index (χ1v) is 8.97. The molecule has 0 aliphatic heterocycles. The lowest BCUT2D eigenvalue weighted by Gasteiger charge is -2.22. The van der Waals surface area contributed by atoms with E-state index in [2.05, 4.69) is 26.0 Å². The van der Waals surface area contributed by atoms with E-state index in [0.29, 0.717) is 25.6 Å². The lowest BCUT2D eigenvalue weighted by molar-refractivity contribution is -0.121. The van der Waals surface area contributed by atoms with Crippen molar-refractivity contribution in [1.29, 1.82) is 0 Å². The molecule has 0 saturated heterocycles. The first-order chi connectivity index (χ1) is 11.7. The Morgan fingerprint density at radius 1 is 1.33 bits per heavy atom. The van der Waals surface area contributed by atoms with Gasteiger partial charge >= 0.3 is 0 Å². The van der Waals surface area contributed by atoms with Crippen molar-refractivity contribution in [2.24, 2.45) is 12.0 Å². The fourth-order valence-corrected chi connectivity index (χ4v) is 2.90. The third-order valence-electron chi connectivity index (χ3n) is 4.28. The van der Waals surface area contributed by atoms with Gasteiger partial charge in [-0.1, -0.05) is 19.3 Å². The molecule has 1 aliphatic rings. The molecule has 0 aromatic carbocycles. The number of carbonyl (C=O) groups excluding carboxylic acids is 1. The molecule has 1 saturated carbocycles. The first-order valence-electron chi connectivity index (χ1n) is 8.97. The van der Waals surface area contributed by atoms with Gasteiger partial charge in [-0.2, -0.15) is 5.10 Å². The van der Waals surface area contributed by atoms with Gasteiger partial charge < -0.3 is 16.0 Å². The van der Waals surface area contributed by atoms with E-state index in [1.807, 2.05) is 24.7 Å². The van der Waals surface area contributed by atoms with Crippen LogP contribution in [0.4, 0.5) is 0 Å². The van der Waals surface area contributed by atoms with Gasteiger partial charge in [0.25, 0.3) is 0 Å². The molecule has 0 atom stereocenters. The molecule has 0 radical (unpaired) electrons. The molecule has 0 bridgehead atoms. The Balaban J connectivity index is 1.72. The van der Waals surface area contributed by atoms with Gasteiger partial charge in [0.15, 0.2) is 5.96 Å². The Morgan fingerprint density at radius 3 is 2.79 bits per heavy atom. The van der Waals surface area contributed by atoms with Crippen molar-refractivity contribution < 1.29 is 4.79 Å². The monoisotopic (exact) mass is 334 g/mol. The third kappa shape index (κ3) is 6.22. The molecular weight excluding hydrogens is 304 g/mol. The largest absolute Gasteiger partial charge is 0.357 e. The molecule has 134 valence electrons. The maximum Gasteiger partial charge on any atom is 0.221 e. The molecule has 24 heavy (non-hydrogen) atoms. The number of nitrogens with zero attached hydrogens (tertiary/aromatic N) is 3. The standard InChI is InChI=1S/C17H30N6O/c1-3-18-17(20-13-15-9-12-21-23(15)2)19-11-10-16(24)22-14-7-5-4-6-8-14/h9,12,14H,3-8,10-11,13H2,1-2H3,(H,22,24)(H2,18,19,20). The summed E-state index contributed by atoms with van der Waals surface area (Å²) in [5.41, 5.74) is 1.04. The number of aryl methyl sites for hydroxylation is 1. The Labute approximate surface area is 144 Å². The van der Waals surface area contributed by atoms with Gasteiger partial charge in [0, 0.05) is 38.8 Å². The van der Waals surface area contributed by atoms with Gasteiger partial charge in [-0.05, 0) is 25.8 Å². The van der Waals surface area contributed by atoms with Gasteiger partial charge in [-0.3, -0.25) is 9.48 Å². The lowest BCUT2D eigenvalue weighted by Crippen LogP contribution is -2.41. The molecule has 1 fully saturated rings. The summed E-state index contributed by atoms with van der Waals surface area (Å²) in [7, 11) is 1.90. The summed E-state index contributed by atoms with van der Waals surface area (Å²) in [6, 6.07) is 2.32. The van der Waals surface area contributed by atoms with Crippen molar-refractivity contribution in [1.82, 2.24) is 25.7 Å². The van der Waals surface area contributed by atoms with Gasteiger partial charge in [0.1, 0.15) is 0 Å². The maximum absolute atomic E-state index is 12.0. The second kappa shape index (κ2) is 9.95. The quantitative estimate of drug-likeness (QED) is 0.519. The highest BCUT2D eigenvalue weighted by Crippen LogP contribution is 2.17. The van der Waals surface area contributed by atoms with E-state index < -0.39 is 0 Å². The third-order valence-corrected chi connectivity index (χ3v) is 4.28. The van der Waals surface area contributed by atoms with Crippen LogP contribution in [0.15, 0.2) is 17.3 Å². The summed E-state index contributed by atoms with van der Waals surface area (Å²) >= 11 is 0. The smallest absolute Gasteiger partial charge is 0.221 e. The highest BCUT2D eigenvalue weighted by atomic mass is 16.1. The molecule has 1 amide bonds. The van der Waals surface area contributed by atoms with Gasteiger partial charge in [-0.25, -0.2) is 4.99 Å². The van der Waals surface area contributed by atoms with E-state index in [1.165, 1.54) is 19.3 Å². The molecule has 3 N–H and O–H groups in total. The van der Waals surface area contributed by atoms with Crippen LogP contribution in [0.5, 0.6) is 0 Å². The van der Waals surface area contributed by atoms with Crippen molar-refractivity contribution in [2.75, 3.05) is 13.1 Å². The molecule has 1 aliphatic carbocycles. The number of rotatable bonds is 7. The van der Waals surface area contributed by atoms with Crippen LogP contribution in [0, 0.1) is 0 Å². The molecule has 0 spiro atoms.